The summed E-state index contributed by atoms with van der Waals surface area (Å²) in [5.74, 6) is 0.195. The number of furan rings is 1. The summed E-state index contributed by atoms with van der Waals surface area (Å²) < 4.78 is 9.77. The van der Waals surface area contributed by atoms with E-state index >= 15 is 0 Å². The van der Waals surface area contributed by atoms with Crippen LogP contribution in [0, 0.1) is 0 Å². The Morgan fingerprint density at radius 3 is 3.08 bits per heavy atom. The molecule has 0 aliphatic rings. The van der Waals surface area contributed by atoms with Crippen molar-refractivity contribution in [1.29, 1.82) is 0 Å². The second kappa shape index (κ2) is 4.67. The summed E-state index contributed by atoms with van der Waals surface area (Å²) in [7, 11) is 0. The van der Waals surface area contributed by atoms with Gasteiger partial charge in [-0.1, -0.05) is 0 Å². The number of aliphatic hydroxyl groups is 1. The molecule has 0 fully saturated rings. The molecule has 1 aromatic heterocycles. The lowest BCUT2D eigenvalue weighted by atomic mass is 10.3. The summed E-state index contributed by atoms with van der Waals surface area (Å²) in [6.45, 7) is 2.10. The van der Waals surface area contributed by atoms with Crippen LogP contribution in [0.2, 0.25) is 0 Å². The van der Waals surface area contributed by atoms with Crippen LogP contribution in [0.3, 0.4) is 0 Å². The van der Waals surface area contributed by atoms with E-state index < -0.39 is 5.97 Å². The van der Waals surface area contributed by atoms with E-state index in [-0.39, 0.29) is 6.61 Å². The molecule has 1 heterocycles. The lowest BCUT2D eigenvalue weighted by molar-refractivity contribution is 0.0525. The molecular weight excluding hydrogens is 172 g/mol. The van der Waals surface area contributed by atoms with Crippen molar-refractivity contribution in [3.8, 4) is 0 Å². The SMILES string of the molecule is CCOC(=O)c1coc(CCO)c1. The highest BCUT2D eigenvalue weighted by Gasteiger charge is 2.10. The fraction of sp³-hybridized carbons (Fsp3) is 0.444. The van der Waals surface area contributed by atoms with Gasteiger partial charge in [-0.05, 0) is 13.0 Å². The monoisotopic (exact) mass is 184 g/mol. The first-order valence-corrected chi connectivity index (χ1v) is 4.13. The van der Waals surface area contributed by atoms with Crippen LogP contribution < -0.4 is 0 Å². The van der Waals surface area contributed by atoms with Gasteiger partial charge in [0.15, 0.2) is 0 Å². The van der Waals surface area contributed by atoms with Gasteiger partial charge in [0.25, 0.3) is 0 Å². The predicted octanol–water partition coefficient (Wildman–Crippen LogP) is 0.991. The van der Waals surface area contributed by atoms with Crippen LogP contribution in [0.25, 0.3) is 0 Å². The third-order valence-electron chi connectivity index (χ3n) is 1.52. The highest BCUT2D eigenvalue weighted by molar-refractivity contribution is 5.89. The number of hydrogen-bond donors (Lipinski definition) is 1. The summed E-state index contributed by atoms with van der Waals surface area (Å²) in [5, 5.41) is 8.59. The minimum absolute atomic E-state index is 0.00970. The molecule has 0 saturated carbocycles. The van der Waals surface area contributed by atoms with Crippen molar-refractivity contribution in [1.82, 2.24) is 0 Å². The van der Waals surface area contributed by atoms with Gasteiger partial charge in [0.1, 0.15) is 12.0 Å². The van der Waals surface area contributed by atoms with Crippen LogP contribution in [-0.2, 0) is 11.2 Å². The van der Waals surface area contributed by atoms with Crippen molar-refractivity contribution in [2.24, 2.45) is 0 Å². The molecule has 0 saturated heterocycles. The Labute approximate surface area is 76.1 Å². The molecule has 1 rings (SSSR count). The van der Waals surface area contributed by atoms with Crippen molar-refractivity contribution in [2.45, 2.75) is 13.3 Å². The first-order valence-electron chi connectivity index (χ1n) is 4.13. The zero-order chi connectivity index (χ0) is 9.68. The van der Waals surface area contributed by atoms with Crippen LogP contribution in [0.5, 0.6) is 0 Å². The first kappa shape index (κ1) is 9.80. The summed E-state index contributed by atoms with van der Waals surface area (Å²) in [6.07, 6.45) is 1.75. The number of aliphatic hydroxyl groups excluding tert-OH is 1. The van der Waals surface area contributed by atoms with Gasteiger partial charge in [-0.25, -0.2) is 4.79 Å². The fourth-order valence-electron chi connectivity index (χ4n) is 0.943. The van der Waals surface area contributed by atoms with Gasteiger partial charge >= 0.3 is 5.97 Å². The summed E-state index contributed by atoms with van der Waals surface area (Å²) >= 11 is 0. The molecule has 1 aromatic rings. The Kier molecular flexibility index (Phi) is 3.52. The maximum atomic E-state index is 11.1. The van der Waals surface area contributed by atoms with E-state index in [2.05, 4.69) is 0 Å². The smallest absolute Gasteiger partial charge is 0.341 e. The number of carbonyl (C=O) groups is 1. The zero-order valence-electron chi connectivity index (χ0n) is 7.45. The van der Waals surface area contributed by atoms with Crippen molar-refractivity contribution >= 4 is 5.97 Å². The first-order chi connectivity index (χ1) is 6.27. The summed E-state index contributed by atoms with van der Waals surface area (Å²) in [5.41, 5.74) is 0.394. The molecule has 0 bridgehead atoms. The highest BCUT2D eigenvalue weighted by atomic mass is 16.5. The van der Waals surface area contributed by atoms with Crippen LogP contribution in [-0.4, -0.2) is 24.3 Å². The lowest BCUT2D eigenvalue weighted by Crippen LogP contribution is -2.02. The fourth-order valence-corrected chi connectivity index (χ4v) is 0.943. The second-order valence-corrected chi connectivity index (χ2v) is 2.50. The molecule has 0 aliphatic carbocycles. The molecule has 0 atom stereocenters. The van der Waals surface area contributed by atoms with E-state index in [0.29, 0.717) is 24.4 Å². The number of rotatable bonds is 4. The molecule has 4 heteroatoms. The number of ether oxygens (including phenoxy) is 1. The normalized spacial score (nSPS) is 10.0. The molecule has 13 heavy (non-hydrogen) atoms. The third-order valence-corrected chi connectivity index (χ3v) is 1.52. The van der Waals surface area contributed by atoms with Gasteiger partial charge in [0.05, 0.1) is 18.8 Å². The van der Waals surface area contributed by atoms with E-state index in [1.165, 1.54) is 6.26 Å². The standard InChI is InChI=1S/C9H12O4/c1-2-12-9(11)7-5-8(3-4-10)13-6-7/h5-6,10H,2-4H2,1H3. The van der Waals surface area contributed by atoms with E-state index in [0.717, 1.165) is 0 Å². The Morgan fingerprint density at radius 2 is 2.46 bits per heavy atom. The zero-order valence-corrected chi connectivity index (χ0v) is 7.45. The third kappa shape index (κ3) is 2.59. The number of hydrogen-bond acceptors (Lipinski definition) is 4. The quantitative estimate of drug-likeness (QED) is 0.709. The van der Waals surface area contributed by atoms with Crippen molar-refractivity contribution < 1.29 is 19.1 Å². The van der Waals surface area contributed by atoms with E-state index in [4.69, 9.17) is 14.3 Å². The average molecular weight is 184 g/mol. The molecule has 0 aliphatic heterocycles. The van der Waals surface area contributed by atoms with E-state index in [1.807, 2.05) is 0 Å². The van der Waals surface area contributed by atoms with Crippen molar-refractivity contribution in [3.05, 3.63) is 23.7 Å². The maximum Gasteiger partial charge on any atom is 0.341 e. The minimum Gasteiger partial charge on any atom is -0.468 e. The van der Waals surface area contributed by atoms with Crippen LogP contribution >= 0.6 is 0 Å². The van der Waals surface area contributed by atoms with Gasteiger partial charge < -0.3 is 14.3 Å². The Hall–Kier alpha value is -1.29. The van der Waals surface area contributed by atoms with Crippen molar-refractivity contribution in [3.63, 3.8) is 0 Å². The topological polar surface area (TPSA) is 59.7 Å². The Morgan fingerprint density at radius 1 is 1.69 bits per heavy atom. The molecule has 0 radical (unpaired) electrons. The Bertz CT molecular complexity index is 277. The van der Waals surface area contributed by atoms with Gasteiger partial charge in [-0.3, -0.25) is 0 Å². The largest absolute Gasteiger partial charge is 0.468 e. The Balaban J connectivity index is 2.62. The highest BCUT2D eigenvalue weighted by Crippen LogP contribution is 2.09. The van der Waals surface area contributed by atoms with Gasteiger partial charge in [0.2, 0.25) is 0 Å². The molecule has 0 spiro atoms. The molecule has 0 amide bonds. The number of carbonyl (C=O) groups excluding carboxylic acids is 1. The second-order valence-electron chi connectivity index (χ2n) is 2.50. The lowest BCUT2D eigenvalue weighted by Gasteiger charge is -1.95. The molecule has 0 unspecified atom stereocenters. The van der Waals surface area contributed by atoms with Gasteiger partial charge in [0, 0.05) is 6.42 Å². The molecule has 1 N–H and O–H groups in total. The van der Waals surface area contributed by atoms with Crippen LogP contribution in [0.15, 0.2) is 16.7 Å². The van der Waals surface area contributed by atoms with Gasteiger partial charge in [-0.2, -0.15) is 0 Å². The molecular formula is C9H12O4. The van der Waals surface area contributed by atoms with Gasteiger partial charge in [-0.15, -0.1) is 0 Å². The van der Waals surface area contributed by atoms with E-state index in [9.17, 15) is 4.79 Å². The maximum absolute atomic E-state index is 11.1. The summed E-state index contributed by atoms with van der Waals surface area (Å²) in [6, 6.07) is 1.58. The van der Waals surface area contributed by atoms with Crippen LogP contribution in [0.1, 0.15) is 23.0 Å². The minimum atomic E-state index is -0.393. The molecule has 4 nitrogen and oxygen atoms in total. The predicted molar refractivity (Wildman–Crippen MR) is 45.5 cm³/mol. The van der Waals surface area contributed by atoms with E-state index in [1.54, 1.807) is 13.0 Å². The van der Waals surface area contributed by atoms with Crippen molar-refractivity contribution in [2.75, 3.05) is 13.2 Å². The number of esters is 1. The average Bonchev–Trinajstić information content (AvgIpc) is 2.54. The summed E-state index contributed by atoms with van der Waals surface area (Å²) in [4.78, 5) is 11.1. The molecule has 72 valence electrons. The molecule has 0 aromatic carbocycles. The van der Waals surface area contributed by atoms with Crippen LogP contribution in [0.4, 0.5) is 0 Å².